The molecular weight excluding hydrogens is 396 g/mol. The number of esters is 1. The molecule has 3 aromatic rings. The molecule has 0 spiro atoms. The normalized spacial score (nSPS) is 11.3. The van der Waals surface area contributed by atoms with E-state index in [0.29, 0.717) is 11.3 Å². The quantitative estimate of drug-likeness (QED) is 0.284. The zero-order valence-corrected chi connectivity index (χ0v) is 20.3. The third-order valence-corrected chi connectivity index (χ3v) is 6.30. The van der Waals surface area contributed by atoms with Gasteiger partial charge in [0, 0.05) is 0 Å². The lowest BCUT2D eigenvalue weighted by Gasteiger charge is -2.30. The second kappa shape index (κ2) is 9.60. The summed E-state index contributed by atoms with van der Waals surface area (Å²) in [5, 5.41) is 0. The van der Waals surface area contributed by atoms with Gasteiger partial charge in [-0.15, -0.1) is 0 Å². The van der Waals surface area contributed by atoms with Gasteiger partial charge in [-0.25, -0.2) is 4.79 Å². The maximum absolute atomic E-state index is 12.5. The molecule has 0 fully saturated rings. The number of aryl methyl sites for hydroxylation is 4. The van der Waals surface area contributed by atoms with E-state index in [1.807, 2.05) is 32.0 Å². The van der Waals surface area contributed by atoms with Crippen LogP contribution >= 0.6 is 0 Å². The fourth-order valence-electron chi connectivity index (χ4n) is 3.92. The molecule has 0 atom stereocenters. The maximum Gasteiger partial charge on any atom is 0.343 e. The fraction of sp³-hybridized carbons (Fsp3) is 0.345. The highest BCUT2D eigenvalue weighted by atomic mass is 16.5. The van der Waals surface area contributed by atoms with E-state index in [-0.39, 0.29) is 11.6 Å². The number of rotatable bonds is 7. The number of carbonyl (C=O) groups is 1. The van der Waals surface area contributed by atoms with Crippen LogP contribution < -0.4 is 9.47 Å². The molecule has 0 aliphatic heterocycles. The van der Waals surface area contributed by atoms with Gasteiger partial charge in [0.15, 0.2) is 0 Å². The highest BCUT2D eigenvalue weighted by Crippen LogP contribution is 2.36. The SMILES string of the molecule is CCC(C)(CC)Oc1c(C)cc(-c2cc(C)c(OC(=O)c3ccccc3)c(C)c2)cc1C. The van der Waals surface area contributed by atoms with E-state index < -0.39 is 0 Å². The van der Waals surface area contributed by atoms with Crippen LogP contribution in [0.4, 0.5) is 0 Å². The van der Waals surface area contributed by atoms with Crippen molar-refractivity contribution in [2.75, 3.05) is 0 Å². The molecule has 0 radical (unpaired) electrons. The van der Waals surface area contributed by atoms with Crippen molar-refractivity contribution < 1.29 is 14.3 Å². The van der Waals surface area contributed by atoms with Crippen molar-refractivity contribution in [3.05, 3.63) is 82.4 Å². The Labute approximate surface area is 192 Å². The van der Waals surface area contributed by atoms with Gasteiger partial charge in [0.25, 0.3) is 0 Å². The van der Waals surface area contributed by atoms with Crippen molar-refractivity contribution in [2.24, 2.45) is 0 Å². The van der Waals surface area contributed by atoms with Gasteiger partial charge in [0.2, 0.25) is 0 Å². The highest BCUT2D eigenvalue weighted by Gasteiger charge is 2.24. The molecule has 3 heteroatoms. The molecule has 0 saturated heterocycles. The van der Waals surface area contributed by atoms with E-state index in [9.17, 15) is 4.79 Å². The molecule has 0 bridgehead atoms. The summed E-state index contributed by atoms with van der Waals surface area (Å²) < 4.78 is 12.2. The van der Waals surface area contributed by atoms with Crippen LogP contribution in [0.1, 0.15) is 66.2 Å². The van der Waals surface area contributed by atoms with Gasteiger partial charge < -0.3 is 9.47 Å². The average molecular weight is 431 g/mol. The highest BCUT2D eigenvalue weighted by molar-refractivity contribution is 5.91. The molecule has 3 nitrogen and oxygen atoms in total. The summed E-state index contributed by atoms with van der Waals surface area (Å²) in [6, 6.07) is 17.6. The standard InChI is InChI=1S/C29H34O3/c1-8-29(7,9-2)32-27-21(5)17-25(18-22(27)6)24-15-19(3)26(20(4)16-24)31-28(30)23-13-11-10-12-14-23/h10-18H,8-9H2,1-7H3. The second-order valence-electron chi connectivity index (χ2n) is 8.89. The Morgan fingerprint density at radius 3 is 1.62 bits per heavy atom. The average Bonchev–Trinajstić information content (AvgIpc) is 2.78. The van der Waals surface area contributed by atoms with Crippen LogP contribution in [0, 0.1) is 27.7 Å². The lowest BCUT2D eigenvalue weighted by atomic mass is 9.95. The lowest BCUT2D eigenvalue weighted by Crippen LogP contribution is -2.31. The first-order valence-corrected chi connectivity index (χ1v) is 11.4. The molecule has 0 saturated carbocycles. The van der Waals surface area contributed by atoms with E-state index in [1.165, 1.54) is 0 Å². The minimum atomic E-state index is -0.340. The zero-order chi connectivity index (χ0) is 23.5. The summed E-state index contributed by atoms with van der Waals surface area (Å²) >= 11 is 0. The Kier molecular flexibility index (Phi) is 7.08. The van der Waals surface area contributed by atoms with Crippen molar-refractivity contribution in [1.82, 2.24) is 0 Å². The first-order chi connectivity index (χ1) is 15.2. The Morgan fingerprint density at radius 1 is 0.750 bits per heavy atom. The third kappa shape index (κ3) is 5.04. The van der Waals surface area contributed by atoms with Crippen LogP contribution in [0.3, 0.4) is 0 Å². The first kappa shape index (κ1) is 23.6. The molecule has 0 unspecified atom stereocenters. The largest absolute Gasteiger partial charge is 0.487 e. The van der Waals surface area contributed by atoms with Gasteiger partial charge in [-0.05, 0) is 117 Å². The third-order valence-electron chi connectivity index (χ3n) is 6.30. The number of hydrogen-bond donors (Lipinski definition) is 0. The van der Waals surface area contributed by atoms with Gasteiger partial charge in [-0.2, -0.15) is 0 Å². The van der Waals surface area contributed by atoms with Crippen LogP contribution in [0.5, 0.6) is 11.5 Å². The van der Waals surface area contributed by atoms with Crippen molar-refractivity contribution in [1.29, 1.82) is 0 Å². The second-order valence-corrected chi connectivity index (χ2v) is 8.89. The van der Waals surface area contributed by atoms with E-state index >= 15 is 0 Å². The smallest absolute Gasteiger partial charge is 0.343 e. The van der Waals surface area contributed by atoms with Gasteiger partial charge in [-0.1, -0.05) is 32.0 Å². The van der Waals surface area contributed by atoms with E-state index in [4.69, 9.17) is 9.47 Å². The van der Waals surface area contributed by atoms with Crippen molar-refractivity contribution in [3.63, 3.8) is 0 Å². The van der Waals surface area contributed by atoms with Crippen LogP contribution in [0.2, 0.25) is 0 Å². The predicted octanol–water partition coefficient (Wildman–Crippen LogP) is 7.76. The van der Waals surface area contributed by atoms with E-state index in [1.54, 1.807) is 12.1 Å². The molecule has 0 heterocycles. The van der Waals surface area contributed by atoms with Gasteiger partial charge in [0.05, 0.1) is 5.56 Å². The Bertz CT molecular complexity index is 1060. The molecule has 0 N–H and O–H groups in total. The minimum Gasteiger partial charge on any atom is -0.487 e. The predicted molar refractivity (Wildman–Crippen MR) is 132 cm³/mol. The number of ether oxygens (including phenoxy) is 2. The minimum absolute atomic E-state index is 0.158. The molecule has 0 aliphatic carbocycles. The van der Waals surface area contributed by atoms with Crippen molar-refractivity contribution in [2.45, 2.75) is 66.9 Å². The number of benzene rings is 3. The van der Waals surface area contributed by atoms with Crippen molar-refractivity contribution >= 4 is 5.97 Å². The fourth-order valence-corrected chi connectivity index (χ4v) is 3.92. The molecular formula is C29H34O3. The summed E-state index contributed by atoms with van der Waals surface area (Å²) in [7, 11) is 0. The zero-order valence-electron chi connectivity index (χ0n) is 20.3. The number of hydrogen-bond acceptors (Lipinski definition) is 3. The molecule has 32 heavy (non-hydrogen) atoms. The Balaban J connectivity index is 1.91. The Hall–Kier alpha value is -3.07. The summed E-state index contributed by atoms with van der Waals surface area (Å²) in [4.78, 5) is 12.5. The van der Waals surface area contributed by atoms with Gasteiger partial charge in [-0.3, -0.25) is 0 Å². The van der Waals surface area contributed by atoms with E-state index in [0.717, 1.165) is 52.0 Å². The van der Waals surface area contributed by atoms with Gasteiger partial charge in [0.1, 0.15) is 17.1 Å². The monoisotopic (exact) mass is 430 g/mol. The molecule has 0 aliphatic rings. The maximum atomic E-state index is 12.5. The molecule has 0 amide bonds. The lowest BCUT2D eigenvalue weighted by molar-refractivity contribution is 0.0732. The van der Waals surface area contributed by atoms with Crippen molar-refractivity contribution in [3.8, 4) is 22.6 Å². The number of carbonyl (C=O) groups excluding carboxylic acids is 1. The molecule has 3 rings (SSSR count). The molecule has 3 aromatic carbocycles. The summed E-state index contributed by atoms with van der Waals surface area (Å²) in [5.41, 5.74) is 6.75. The topological polar surface area (TPSA) is 35.5 Å². The van der Waals surface area contributed by atoms with Crippen LogP contribution in [-0.2, 0) is 0 Å². The van der Waals surface area contributed by atoms with Crippen LogP contribution in [0.15, 0.2) is 54.6 Å². The van der Waals surface area contributed by atoms with Gasteiger partial charge >= 0.3 is 5.97 Å². The summed E-state index contributed by atoms with van der Waals surface area (Å²) in [5.74, 6) is 1.26. The van der Waals surface area contributed by atoms with E-state index in [2.05, 4.69) is 58.9 Å². The van der Waals surface area contributed by atoms with Crippen LogP contribution in [0.25, 0.3) is 11.1 Å². The molecule has 168 valence electrons. The summed E-state index contributed by atoms with van der Waals surface area (Å²) in [6.45, 7) is 14.7. The summed E-state index contributed by atoms with van der Waals surface area (Å²) in [6.07, 6.45) is 1.93. The first-order valence-electron chi connectivity index (χ1n) is 11.4. The molecule has 0 aromatic heterocycles. The Morgan fingerprint density at radius 2 is 1.19 bits per heavy atom. The van der Waals surface area contributed by atoms with Crippen LogP contribution in [-0.4, -0.2) is 11.6 Å².